The molecule has 0 atom stereocenters. The first-order chi connectivity index (χ1) is 9.40. The van der Waals surface area contributed by atoms with Gasteiger partial charge < -0.3 is 9.88 Å². The normalized spacial score (nSPS) is 10.3. The minimum atomic E-state index is -0.622. The van der Waals surface area contributed by atoms with Crippen molar-refractivity contribution in [1.82, 2.24) is 9.13 Å². The van der Waals surface area contributed by atoms with E-state index in [1.54, 1.807) is 24.3 Å². The molecule has 20 heavy (non-hydrogen) atoms. The monoisotopic (exact) mass is 337 g/mol. The van der Waals surface area contributed by atoms with E-state index in [4.69, 9.17) is 0 Å². The zero-order valence-corrected chi connectivity index (χ0v) is 12.5. The zero-order valence-electron chi connectivity index (χ0n) is 10.9. The number of anilines is 1. The third-order valence-corrected chi connectivity index (χ3v) is 3.32. The average molecular weight is 338 g/mol. The molecule has 1 N–H and O–H groups in total. The highest BCUT2D eigenvalue weighted by molar-refractivity contribution is 9.10. The van der Waals surface area contributed by atoms with Crippen molar-refractivity contribution in [3.05, 3.63) is 61.3 Å². The Labute approximate surface area is 122 Å². The predicted octanol–water partition coefficient (Wildman–Crippen LogP) is 1.10. The van der Waals surface area contributed by atoms with Gasteiger partial charge in [0.15, 0.2) is 0 Å². The summed E-state index contributed by atoms with van der Waals surface area (Å²) in [6.45, 7) is 0. The van der Waals surface area contributed by atoms with Crippen molar-refractivity contribution in [1.29, 1.82) is 0 Å². The van der Waals surface area contributed by atoms with Gasteiger partial charge in [-0.15, -0.1) is 0 Å². The SMILES string of the molecule is Cn1cc(C(=O)Nc2ccc(Br)cc2)c(=O)n(C)c1=O. The van der Waals surface area contributed by atoms with E-state index < -0.39 is 17.2 Å². The lowest BCUT2D eigenvalue weighted by Gasteiger charge is -2.08. The van der Waals surface area contributed by atoms with Crippen molar-refractivity contribution in [2.45, 2.75) is 0 Å². The minimum Gasteiger partial charge on any atom is -0.322 e. The standard InChI is InChI=1S/C13H12BrN3O3/c1-16-7-10(12(19)17(2)13(16)20)11(18)15-9-5-3-8(14)4-6-9/h3-7H,1-2H3,(H,15,18). The molecule has 1 aromatic carbocycles. The van der Waals surface area contributed by atoms with Crippen molar-refractivity contribution < 1.29 is 4.79 Å². The third-order valence-electron chi connectivity index (χ3n) is 2.79. The number of amides is 1. The van der Waals surface area contributed by atoms with Crippen LogP contribution in [0.25, 0.3) is 0 Å². The number of carbonyl (C=O) groups is 1. The van der Waals surface area contributed by atoms with Gasteiger partial charge in [-0.05, 0) is 24.3 Å². The van der Waals surface area contributed by atoms with E-state index in [0.717, 1.165) is 9.04 Å². The van der Waals surface area contributed by atoms with Crippen LogP contribution in [0.2, 0.25) is 0 Å². The molecule has 0 aliphatic carbocycles. The Kier molecular flexibility index (Phi) is 3.89. The number of nitrogens with zero attached hydrogens (tertiary/aromatic N) is 2. The number of aromatic nitrogens is 2. The molecular formula is C13H12BrN3O3. The maximum absolute atomic E-state index is 12.1. The molecule has 0 aliphatic rings. The van der Waals surface area contributed by atoms with Crippen LogP contribution in [0.5, 0.6) is 0 Å². The highest BCUT2D eigenvalue weighted by Crippen LogP contribution is 2.14. The summed E-state index contributed by atoms with van der Waals surface area (Å²) in [6.07, 6.45) is 1.23. The summed E-state index contributed by atoms with van der Waals surface area (Å²) in [4.78, 5) is 35.5. The minimum absolute atomic E-state index is 0.0856. The molecule has 1 amide bonds. The van der Waals surface area contributed by atoms with Crippen LogP contribution in [0.3, 0.4) is 0 Å². The smallest absolute Gasteiger partial charge is 0.322 e. The zero-order chi connectivity index (χ0) is 14.9. The van der Waals surface area contributed by atoms with E-state index in [1.165, 1.54) is 24.9 Å². The summed E-state index contributed by atoms with van der Waals surface area (Å²) >= 11 is 3.29. The molecule has 1 aromatic heterocycles. The Morgan fingerprint density at radius 3 is 2.35 bits per heavy atom. The number of hydrogen-bond acceptors (Lipinski definition) is 3. The summed E-state index contributed by atoms with van der Waals surface area (Å²) in [5.41, 5.74) is -0.621. The molecule has 0 unspecified atom stereocenters. The van der Waals surface area contributed by atoms with E-state index in [2.05, 4.69) is 21.2 Å². The average Bonchev–Trinajstić information content (AvgIpc) is 2.43. The second kappa shape index (κ2) is 5.46. The summed E-state index contributed by atoms with van der Waals surface area (Å²) in [7, 11) is 2.82. The lowest BCUT2D eigenvalue weighted by Crippen LogP contribution is -2.40. The molecule has 0 aliphatic heterocycles. The highest BCUT2D eigenvalue weighted by Gasteiger charge is 2.14. The molecule has 0 saturated heterocycles. The van der Waals surface area contributed by atoms with Gasteiger partial charge in [-0.2, -0.15) is 0 Å². The Hall–Kier alpha value is -2.15. The van der Waals surface area contributed by atoms with Crippen LogP contribution >= 0.6 is 15.9 Å². The number of benzene rings is 1. The van der Waals surface area contributed by atoms with Crippen LogP contribution < -0.4 is 16.6 Å². The number of rotatable bonds is 2. The molecule has 0 radical (unpaired) electrons. The van der Waals surface area contributed by atoms with Crippen LogP contribution in [-0.2, 0) is 14.1 Å². The van der Waals surface area contributed by atoms with Crippen LogP contribution in [0.4, 0.5) is 5.69 Å². The fourth-order valence-corrected chi connectivity index (χ4v) is 1.96. The van der Waals surface area contributed by atoms with E-state index in [-0.39, 0.29) is 5.56 Å². The first-order valence-corrected chi connectivity index (χ1v) is 6.53. The second-order valence-electron chi connectivity index (χ2n) is 4.26. The molecule has 0 bridgehead atoms. The van der Waals surface area contributed by atoms with E-state index in [0.29, 0.717) is 5.69 Å². The van der Waals surface area contributed by atoms with Gasteiger partial charge in [-0.25, -0.2) is 4.79 Å². The van der Waals surface area contributed by atoms with Crippen molar-refractivity contribution >= 4 is 27.5 Å². The number of hydrogen-bond donors (Lipinski definition) is 1. The van der Waals surface area contributed by atoms with Gasteiger partial charge in [0.2, 0.25) is 0 Å². The molecule has 7 heteroatoms. The largest absolute Gasteiger partial charge is 0.330 e. The molecule has 0 saturated carbocycles. The summed E-state index contributed by atoms with van der Waals surface area (Å²) in [6, 6.07) is 6.95. The number of aryl methyl sites for hydroxylation is 1. The van der Waals surface area contributed by atoms with Crippen LogP contribution in [0.1, 0.15) is 10.4 Å². The lowest BCUT2D eigenvalue weighted by molar-refractivity contribution is 0.102. The molecule has 2 rings (SSSR count). The Morgan fingerprint density at radius 2 is 1.75 bits per heavy atom. The quantitative estimate of drug-likeness (QED) is 0.891. The Bertz CT molecular complexity index is 775. The van der Waals surface area contributed by atoms with Crippen molar-refractivity contribution in [3.8, 4) is 0 Å². The number of halogens is 1. The molecule has 2 aromatic rings. The van der Waals surface area contributed by atoms with Crippen molar-refractivity contribution in [3.63, 3.8) is 0 Å². The van der Waals surface area contributed by atoms with Crippen molar-refractivity contribution in [2.24, 2.45) is 14.1 Å². The van der Waals surface area contributed by atoms with Gasteiger partial charge in [0.05, 0.1) is 0 Å². The van der Waals surface area contributed by atoms with Gasteiger partial charge in [-0.1, -0.05) is 15.9 Å². The third kappa shape index (κ3) is 2.72. The van der Waals surface area contributed by atoms with Crippen LogP contribution in [0.15, 0.2) is 44.5 Å². The molecule has 0 fully saturated rings. The topological polar surface area (TPSA) is 73.1 Å². The van der Waals surface area contributed by atoms with Gasteiger partial charge in [0.25, 0.3) is 11.5 Å². The van der Waals surface area contributed by atoms with Crippen LogP contribution in [0, 0.1) is 0 Å². The molecule has 6 nitrogen and oxygen atoms in total. The lowest BCUT2D eigenvalue weighted by atomic mass is 10.2. The number of nitrogens with one attached hydrogen (secondary N) is 1. The molecule has 1 heterocycles. The highest BCUT2D eigenvalue weighted by atomic mass is 79.9. The summed E-state index contributed by atoms with van der Waals surface area (Å²) in [5.74, 6) is -0.552. The first-order valence-electron chi connectivity index (χ1n) is 5.73. The van der Waals surface area contributed by atoms with Crippen molar-refractivity contribution in [2.75, 3.05) is 5.32 Å². The first kappa shape index (κ1) is 14.3. The fourth-order valence-electron chi connectivity index (χ4n) is 1.70. The van der Waals surface area contributed by atoms with Gasteiger partial charge >= 0.3 is 5.69 Å². The fraction of sp³-hybridized carbons (Fsp3) is 0.154. The van der Waals surface area contributed by atoms with Gasteiger partial charge in [0.1, 0.15) is 5.56 Å². The second-order valence-corrected chi connectivity index (χ2v) is 5.18. The van der Waals surface area contributed by atoms with E-state index in [9.17, 15) is 14.4 Å². The summed E-state index contributed by atoms with van der Waals surface area (Å²) < 4.78 is 2.97. The van der Waals surface area contributed by atoms with Crippen LogP contribution in [-0.4, -0.2) is 15.0 Å². The van der Waals surface area contributed by atoms with E-state index >= 15 is 0 Å². The Morgan fingerprint density at radius 1 is 1.15 bits per heavy atom. The summed E-state index contributed by atoms with van der Waals surface area (Å²) in [5, 5.41) is 2.61. The maximum atomic E-state index is 12.1. The molecule has 0 spiro atoms. The van der Waals surface area contributed by atoms with E-state index in [1.807, 2.05) is 0 Å². The molecular weight excluding hydrogens is 326 g/mol. The molecule has 104 valence electrons. The van der Waals surface area contributed by atoms with Gasteiger partial charge in [0, 0.05) is 30.5 Å². The predicted molar refractivity (Wildman–Crippen MR) is 79.0 cm³/mol. The Balaban J connectivity index is 2.37. The number of carbonyl (C=O) groups excluding carboxylic acids is 1. The van der Waals surface area contributed by atoms with Gasteiger partial charge in [-0.3, -0.25) is 14.2 Å². The maximum Gasteiger partial charge on any atom is 0.330 e.